The molecule has 4 amide bonds. The van der Waals surface area contributed by atoms with Crippen LogP contribution in [0, 0.1) is 17.0 Å². The summed E-state index contributed by atoms with van der Waals surface area (Å²) in [6.45, 7) is 5.89. The van der Waals surface area contributed by atoms with Crippen LogP contribution in [0.25, 0.3) is 11.1 Å². The topological polar surface area (TPSA) is 194 Å². The van der Waals surface area contributed by atoms with Gasteiger partial charge >= 0.3 is 5.00 Å². The Balaban J connectivity index is 0.800. The fourth-order valence-corrected chi connectivity index (χ4v) is 10.4. The molecule has 360 valence electrons. The lowest BCUT2D eigenvalue weighted by atomic mass is 9.92. The van der Waals surface area contributed by atoms with Crippen LogP contribution in [0.2, 0.25) is 0 Å². The van der Waals surface area contributed by atoms with Gasteiger partial charge in [-0.3, -0.25) is 44.0 Å². The van der Waals surface area contributed by atoms with E-state index in [4.69, 9.17) is 5.10 Å². The summed E-state index contributed by atoms with van der Waals surface area (Å²) in [6.07, 6.45) is 10.2. The number of halogens is 2. The number of thiazole rings is 1. The van der Waals surface area contributed by atoms with Gasteiger partial charge in [0, 0.05) is 93.7 Å². The number of carbonyl (C=O) groups is 4. The number of alkyl halides is 2. The summed E-state index contributed by atoms with van der Waals surface area (Å²) in [5, 5.41) is 26.0. The summed E-state index contributed by atoms with van der Waals surface area (Å²) in [7, 11) is 1.77. The molecule has 0 spiro atoms. The molecular weight excluding hydrogens is 897 g/mol. The standard InChI is InChI=1S/C48H57F2N11O6S/c1-30-47(61(66)67)68-48(52-30)54-46(65)35-14-10-11-15-39(35)53-42(63)16-8-6-4-5-7-9-17-43(64)57-22-18-34(19-23-57)60-40-20-24-58(31(2)62)29-38(40)45(55-60)59-21-12-13-32-25-36(33-27-51-56(3)28-33)37(44(49)50)26-41(32)59/h10-11,14-15,25-28,34,44H,4-9,12-13,16-24,29H2,1-3H3,(H,53,63)(H,52,54,65). The van der Waals surface area contributed by atoms with Gasteiger partial charge in [0.2, 0.25) is 17.7 Å². The zero-order chi connectivity index (χ0) is 48.1. The molecule has 1 saturated heterocycles. The number of hydrogen-bond donors (Lipinski definition) is 2. The van der Waals surface area contributed by atoms with E-state index in [0.29, 0.717) is 74.6 Å². The molecule has 0 atom stereocenters. The van der Waals surface area contributed by atoms with Crippen molar-refractivity contribution in [3.05, 3.63) is 92.5 Å². The quantitative estimate of drug-likeness (QED) is 0.0516. The van der Waals surface area contributed by atoms with Crippen molar-refractivity contribution in [3.8, 4) is 11.1 Å². The van der Waals surface area contributed by atoms with E-state index >= 15 is 0 Å². The maximum atomic E-state index is 14.7. The highest BCUT2D eigenvalue weighted by Crippen LogP contribution is 2.44. The number of piperidine rings is 1. The summed E-state index contributed by atoms with van der Waals surface area (Å²) >= 11 is 0.771. The Bertz CT molecular complexity index is 2690. The molecule has 0 saturated carbocycles. The molecule has 0 unspecified atom stereocenters. The first-order chi connectivity index (χ1) is 32.7. The average molecular weight is 954 g/mol. The highest BCUT2D eigenvalue weighted by Gasteiger charge is 2.35. The molecule has 17 nitrogen and oxygen atoms in total. The number of nitro groups is 1. The number of amides is 4. The lowest BCUT2D eigenvalue weighted by Crippen LogP contribution is -2.40. The summed E-state index contributed by atoms with van der Waals surface area (Å²) in [4.78, 5) is 72.3. The van der Waals surface area contributed by atoms with Crippen LogP contribution >= 0.6 is 11.3 Å². The molecule has 3 aliphatic heterocycles. The van der Waals surface area contributed by atoms with Crippen molar-refractivity contribution in [2.24, 2.45) is 7.05 Å². The fraction of sp³-hybridized carbons (Fsp3) is 0.479. The summed E-state index contributed by atoms with van der Waals surface area (Å²) in [5.74, 6) is 0.0826. The first-order valence-corrected chi connectivity index (χ1v) is 24.2. The van der Waals surface area contributed by atoms with Crippen molar-refractivity contribution in [2.75, 3.05) is 41.7 Å². The van der Waals surface area contributed by atoms with Gasteiger partial charge in [-0.05, 0) is 92.2 Å². The van der Waals surface area contributed by atoms with E-state index in [2.05, 4.69) is 30.3 Å². The van der Waals surface area contributed by atoms with Crippen molar-refractivity contribution < 1.29 is 32.9 Å². The second-order valence-electron chi connectivity index (χ2n) is 17.9. The van der Waals surface area contributed by atoms with Crippen LogP contribution in [0.15, 0.2) is 48.8 Å². The molecule has 1 fully saturated rings. The minimum Gasteiger partial charge on any atom is -0.343 e. The average Bonchev–Trinajstić information content (AvgIpc) is 4.05. The van der Waals surface area contributed by atoms with Gasteiger partial charge in [0.15, 0.2) is 10.9 Å². The van der Waals surface area contributed by atoms with E-state index in [0.717, 1.165) is 91.6 Å². The van der Waals surface area contributed by atoms with E-state index in [1.165, 1.54) is 6.92 Å². The minimum absolute atomic E-state index is 0.0194. The van der Waals surface area contributed by atoms with Gasteiger partial charge in [0.05, 0.1) is 35.0 Å². The molecule has 2 aromatic carbocycles. The maximum absolute atomic E-state index is 14.7. The van der Waals surface area contributed by atoms with Gasteiger partial charge in [-0.1, -0.05) is 37.8 Å². The molecule has 6 heterocycles. The number of aromatic nitrogens is 5. The second-order valence-corrected chi connectivity index (χ2v) is 18.8. The molecule has 3 aliphatic rings. The third-order valence-electron chi connectivity index (χ3n) is 13.2. The Morgan fingerprint density at radius 2 is 1.68 bits per heavy atom. The molecule has 5 aromatic rings. The van der Waals surface area contributed by atoms with E-state index < -0.39 is 17.3 Å². The molecule has 20 heteroatoms. The largest absolute Gasteiger partial charge is 0.348 e. The van der Waals surface area contributed by atoms with Gasteiger partial charge < -0.3 is 20.0 Å². The van der Waals surface area contributed by atoms with Crippen LogP contribution in [0.5, 0.6) is 0 Å². The van der Waals surface area contributed by atoms with E-state index in [1.807, 2.05) is 15.9 Å². The number of nitrogens with one attached hydrogen (secondary N) is 2. The first kappa shape index (κ1) is 47.9. The predicted molar refractivity (Wildman–Crippen MR) is 254 cm³/mol. The van der Waals surface area contributed by atoms with Crippen molar-refractivity contribution in [3.63, 3.8) is 0 Å². The van der Waals surface area contributed by atoms with Crippen LogP contribution in [0.1, 0.15) is 128 Å². The monoisotopic (exact) mass is 953 g/mol. The Morgan fingerprint density at radius 1 is 0.941 bits per heavy atom. The number of likely N-dealkylation sites (tertiary alicyclic amines) is 1. The highest BCUT2D eigenvalue weighted by molar-refractivity contribution is 7.19. The number of nitrogens with zero attached hydrogens (tertiary/aromatic N) is 9. The van der Waals surface area contributed by atoms with Crippen molar-refractivity contribution in [2.45, 2.75) is 116 Å². The van der Waals surface area contributed by atoms with Crippen molar-refractivity contribution >= 4 is 62.3 Å². The molecule has 0 aliphatic carbocycles. The molecule has 0 bridgehead atoms. The number of anilines is 4. The number of unbranched alkanes of at least 4 members (excludes halogenated alkanes) is 5. The summed E-state index contributed by atoms with van der Waals surface area (Å²) in [6, 6.07) is 10.1. The minimum atomic E-state index is -2.69. The summed E-state index contributed by atoms with van der Waals surface area (Å²) < 4.78 is 33.1. The molecule has 2 N–H and O–H groups in total. The predicted octanol–water partition coefficient (Wildman–Crippen LogP) is 9.06. The number of carbonyl (C=O) groups excluding carboxylic acids is 4. The van der Waals surface area contributed by atoms with Crippen molar-refractivity contribution in [1.29, 1.82) is 0 Å². The molecule has 0 radical (unpaired) electrons. The maximum Gasteiger partial charge on any atom is 0.348 e. The number of fused-ring (bicyclic) bond motifs is 2. The molecule has 68 heavy (non-hydrogen) atoms. The van der Waals surface area contributed by atoms with Crippen LogP contribution in [-0.4, -0.2) is 89.1 Å². The van der Waals surface area contributed by atoms with E-state index in [-0.39, 0.29) is 57.1 Å². The third-order valence-corrected chi connectivity index (χ3v) is 14.2. The van der Waals surface area contributed by atoms with Crippen LogP contribution in [-0.2, 0) is 40.8 Å². The van der Waals surface area contributed by atoms with Crippen LogP contribution in [0.3, 0.4) is 0 Å². The van der Waals surface area contributed by atoms with Gasteiger partial charge in [0.25, 0.3) is 12.3 Å². The van der Waals surface area contributed by atoms with Gasteiger partial charge in [-0.15, -0.1) is 0 Å². The number of hydrogen-bond acceptors (Lipinski definition) is 11. The second kappa shape index (κ2) is 21.2. The van der Waals surface area contributed by atoms with Gasteiger partial charge in [-0.25, -0.2) is 13.8 Å². The van der Waals surface area contributed by atoms with Crippen LogP contribution < -0.4 is 15.5 Å². The Kier molecular flexibility index (Phi) is 14.9. The number of benzene rings is 2. The third kappa shape index (κ3) is 10.7. The zero-order valence-corrected chi connectivity index (χ0v) is 39.5. The zero-order valence-electron chi connectivity index (χ0n) is 38.6. The molecular formula is C48H57F2N11O6S. The SMILES string of the molecule is CC(=O)N1CCc2c(c(N3CCCc4cc(-c5cnn(C)c5)c(C(F)F)cc43)nn2C2CCN(C(=O)CCCCCCCCC(=O)Nc3ccccc3C(=O)Nc3nc(C)c([N+](=O)[O-])s3)CC2)C1. The van der Waals surface area contributed by atoms with Crippen LogP contribution in [0.4, 0.5) is 36.1 Å². The normalized spacial score (nSPS) is 15.1. The number of rotatable bonds is 17. The fourth-order valence-electron chi connectivity index (χ4n) is 9.64. The van der Waals surface area contributed by atoms with Gasteiger partial charge in [-0.2, -0.15) is 10.2 Å². The van der Waals surface area contributed by atoms with E-state index in [1.54, 1.807) is 61.4 Å². The lowest BCUT2D eigenvalue weighted by molar-refractivity contribution is -0.380. The number of aryl methyl sites for hydroxylation is 3. The Hall–Kier alpha value is -6.57. The Labute approximate surface area is 397 Å². The van der Waals surface area contributed by atoms with E-state index in [9.17, 15) is 38.1 Å². The molecule has 3 aromatic heterocycles. The van der Waals surface area contributed by atoms with Crippen molar-refractivity contribution in [1.82, 2.24) is 34.3 Å². The first-order valence-electron chi connectivity index (χ1n) is 23.4. The highest BCUT2D eigenvalue weighted by atomic mass is 32.1. The number of para-hydroxylation sites is 1. The molecule has 8 rings (SSSR count). The summed E-state index contributed by atoms with van der Waals surface area (Å²) in [5.41, 5.74) is 5.57. The van der Waals surface area contributed by atoms with Gasteiger partial charge in [0.1, 0.15) is 5.69 Å². The Morgan fingerprint density at radius 3 is 2.37 bits per heavy atom. The smallest absolute Gasteiger partial charge is 0.343 e. The lowest BCUT2D eigenvalue weighted by Gasteiger charge is -2.34.